The van der Waals surface area contributed by atoms with Crippen molar-refractivity contribution < 1.29 is 0 Å². The number of aryl methyl sites for hydroxylation is 1. The third-order valence-corrected chi connectivity index (χ3v) is 17.6. The van der Waals surface area contributed by atoms with Crippen LogP contribution in [0.1, 0.15) is 30.9 Å². The Bertz CT molecular complexity index is 4810. The van der Waals surface area contributed by atoms with Crippen molar-refractivity contribution in [3.8, 4) is 79.3 Å². The lowest BCUT2D eigenvalue weighted by Gasteiger charge is -2.44. The third kappa shape index (κ3) is 9.03. The summed E-state index contributed by atoms with van der Waals surface area (Å²) in [7, 11) is 0. The molecule has 0 spiro atoms. The zero-order valence-corrected chi connectivity index (χ0v) is 48.5. The lowest BCUT2D eigenvalue weighted by Crippen LogP contribution is -2.61. The number of aromatic nitrogens is 4. The molecule has 88 heavy (non-hydrogen) atoms. The van der Waals surface area contributed by atoms with Gasteiger partial charge in [-0.05, 0) is 159 Å². The molecular formula is C80H56BN7. The average Bonchev–Trinajstić information content (AvgIpc) is 0.852. The zero-order valence-electron chi connectivity index (χ0n) is 48.5. The monoisotopic (exact) mass is 1130 g/mol. The van der Waals surface area contributed by atoms with E-state index in [0.717, 1.165) is 120 Å². The van der Waals surface area contributed by atoms with E-state index in [0.29, 0.717) is 23.0 Å². The van der Waals surface area contributed by atoms with Crippen LogP contribution in [0.3, 0.4) is 0 Å². The van der Waals surface area contributed by atoms with Gasteiger partial charge in [-0.15, -0.1) is 0 Å². The van der Waals surface area contributed by atoms with Gasteiger partial charge < -0.3 is 14.4 Å². The minimum Gasteiger partial charge on any atom is -0.311 e. The van der Waals surface area contributed by atoms with Crippen LogP contribution in [0.25, 0.3) is 95.0 Å². The molecule has 0 radical (unpaired) electrons. The standard InChI is InChI=1S/C80H56BN7/c1-2-3-22-53-35-42-70-65(45-53)66-47-59(39-44-71(66)88(70)72-43-36-54(52-82)46-67(72)80-84-78(57-27-14-6-15-28-57)83-79(85-80)58-29-16-7-17-30-58)62-50-75-77-76(51-62)87(64-33-20-9-21-34-64)74-49-61(56-25-12-5-13-26-56)38-41-69(74)81(77)68-40-37-60(55-23-10-4-11-24-55)48-73(68)86(75)63-31-18-8-19-32-63/h4-21,23-51H,2-3,22H2,1H3. The molecule has 0 N–H and O–H groups in total. The molecular weight excluding hydrogens is 1070 g/mol. The molecule has 0 atom stereocenters. The van der Waals surface area contributed by atoms with E-state index in [2.05, 4.69) is 240 Å². The van der Waals surface area contributed by atoms with E-state index in [1.165, 1.54) is 33.1 Å². The van der Waals surface area contributed by atoms with Gasteiger partial charge in [-0.3, -0.25) is 0 Å². The molecule has 0 saturated heterocycles. The number of fused-ring (bicyclic) bond motifs is 7. The van der Waals surface area contributed by atoms with Gasteiger partial charge in [0, 0.05) is 61.6 Å². The van der Waals surface area contributed by atoms with E-state index >= 15 is 0 Å². The highest BCUT2D eigenvalue weighted by Gasteiger charge is 2.44. The summed E-state index contributed by atoms with van der Waals surface area (Å²) < 4.78 is 2.35. The Kier molecular flexibility index (Phi) is 13.0. The summed E-state index contributed by atoms with van der Waals surface area (Å²) >= 11 is 0. The first-order valence-electron chi connectivity index (χ1n) is 30.3. The van der Waals surface area contributed by atoms with Crippen molar-refractivity contribution in [2.75, 3.05) is 9.80 Å². The maximum atomic E-state index is 10.6. The van der Waals surface area contributed by atoms with E-state index in [1.807, 2.05) is 72.8 Å². The fourth-order valence-electron chi connectivity index (χ4n) is 13.4. The summed E-state index contributed by atoms with van der Waals surface area (Å²) in [5, 5.41) is 12.8. The van der Waals surface area contributed by atoms with Crippen LogP contribution < -0.4 is 26.2 Å². The molecule has 16 rings (SSSR count). The second-order valence-corrected chi connectivity index (χ2v) is 22.9. The van der Waals surface area contributed by atoms with Crippen molar-refractivity contribution in [2.24, 2.45) is 0 Å². The van der Waals surface area contributed by atoms with Crippen molar-refractivity contribution in [3.63, 3.8) is 0 Å². The molecule has 0 aliphatic carbocycles. The number of nitriles is 1. The number of unbranched alkanes of at least 4 members (excludes halogenated alkanes) is 1. The molecule has 0 fully saturated rings. The fourth-order valence-corrected chi connectivity index (χ4v) is 13.4. The normalized spacial score (nSPS) is 12.2. The van der Waals surface area contributed by atoms with Gasteiger partial charge in [0.15, 0.2) is 17.5 Å². The zero-order chi connectivity index (χ0) is 58.7. The molecule has 8 heteroatoms. The molecule has 4 heterocycles. The SMILES string of the molecule is CCCCc1ccc2c(c1)c1cc(-c3cc4c5c(c3)N(c3ccccc3)c3cc(-c6ccccc6)ccc3B5c3ccc(-c5ccccc5)cc3N4c3ccccc3)ccc1n2-c1ccc(C#N)cc1-c1nc(-c2ccccc2)nc(-c2ccccc2)n1. The Morgan fingerprint density at radius 2 is 0.818 bits per heavy atom. The van der Waals surface area contributed by atoms with E-state index < -0.39 is 0 Å². The summed E-state index contributed by atoms with van der Waals surface area (Å²) in [5.74, 6) is 1.59. The molecule has 0 saturated carbocycles. The Labute approximate surface area is 512 Å². The first kappa shape index (κ1) is 52.2. The van der Waals surface area contributed by atoms with Crippen LogP contribution >= 0.6 is 0 Å². The maximum Gasteiger partial charge on any atom is 0.252 e. The van der Waals surface area contributed by atoms with Gasteiger partial charge in [0.1, 0.15) is 0 Å². The van der Waals surface area contributed by atoms with Crippen LogP contribution in [-0.4, -0.2) is 26.2 Å². The minimum absolute atomic E-state index is 0.0841. The first-order valence-corrected chi connectivity index (χ1v) is 30.3. The maximum absolute atomic E-state index is 10.6. The molecule has 2 aromatic heterocycles. The van der Waals surface area contributed by atoms with Crippen molar-refractivity contribution >= 4 is 79.0 Å². The quantitative estimate of drug-likeness (QED) is 0.114. The summed E-state index contributed by atoms with van der Waals surface area (Å²) in [6.07, 6.45) is 3.15. The number of anilines is 6. The highest BCUT2D eigenvalue weighted by molar-refractivity contribution is 7.00. The Morgan fingerprint density at radius 1 is 0.375 bits per heavy atom. The van der Waals surface area contributed by atoms with Gasteiger partial charge in [0.05, 0.1) is 28.4 Å². The van der Waals surface area contributed by atoms with E-state index in [9.17, 15) is 5.26 Å². The lowest BCUT2D eigenvalue weighted by atomic mass is 9.33. The second-order valence-electron chi connectivity index (χ2n) is 22.9. The largest absolute Gasteiger partial charge is 0.311 e. The van der Waals surface area contributed by atoms with Gasteiger partial charge >= 0.3 is 0 Å². The number of hydrogen-bond donors (Lipinski definition) is 0. The topological polar surface area (TPSA) is 73.9 Å². The number of benzene rings is 12. The number of hydrogen-bond acceptors (Lipinski definition) is 6. The molecule has 0 amide bonds. The first-order chi connectivity index (χ1) is 43.5. The highest BCUT2D eigenvalue weighted by atomic mass is 15.2. The Balaban J connectivity index is 0.954. The van der Waals surface area contributed by atoms with Crippen LogP contribution in [0, 0.1) is 11.3 Å². The summed E-state index contributed by atoms with van der Waals surface area (Å²) in [4.78, 5) is 20.6. The van der Waals surface area contributed by atoms with Crippen LogP contribution in [0.15, 0.2) is 285 Å². The van der Waals surface area contributed by atoms with Crippen LogP contribution in [0.5, 0.6) is 0 Å². The molecule has 12 aromatic carbocycles. The van der Waals surface area contributed by atoms with Crippen molar-refractivity contribution in [1.29, 1.82) is 5.26 Å². The summed E-state index contributed by atoms with van der Waals surface area (Å²) in [6.45, 7) is 2.17. The molecule has 14 aromatic rings. The van der Waals surface area contributed by atoms with Gasteiger partial charge in [-0.2, -0.15) is 5.26 Å². The third-order valence-electron chi connectivity index (χ3n) is 17.6. The molecule has 2 aliphatic rings. The van der Waals surface area contributed by atoms with Gasteiger partial charge in [0.2, 0.25) is 0 Å². The summed E-state index contributed by atoms with van der Waals surface area (Å²) in [6, 6.07) is 105. The van der Waals surface area contributed by atoms with Crippen molar-refractivity contribution in [1.82, 2.24) is 19.5 Å². The van der Waals surface area contributed by atoms with E-state index in [-0.39, 0.29) is 6.71 Å². The van der Waals surface area contributed by atoms with Gasteiger partial charge in [-0.1, -0.05) is 207 Å². The number of rotatable bonds is 12. The molecule has 0 unspecified atom stereocenters. The Morgan fingerprint density at radius 3 is 1.33 bits per heavy atom. The second kappa shape index (κ2) is 21.9. The fraction of sp³-hybridized carbons (Fsp3) is 0.0500. The Hall–Kier alpha value is -11.4. The number of nitrogens with zero attached hydrogens (tertiary/aromatic N) is 7. The van der Waals surface area contributed by atoms with E-state index in [1.54, 1.807) is 0 Å². The van der Waals surface area contributed by atoms with Gasteiger partial charge in [-0.25, -0.2) is 15.0 Å². The highest BCUT2D eigenvalue weighted by Crippen LogP contribution is 2.48. The van der Waals surface area contributed by atoms with Crippen LogP contribution in [0.4, 0.5) is 34.1 Å². The molecule has 7 nitrogen and oxygen atoms in total. The molecule has 0 bridgehead atoms. The smallest absolute Gasteiger partial charge is 0.252 e. The van der Waals surface area contributed by atoms with Crippen molar-refractivity contribution in [3.05, 3.63) is 296 Å². The number of para-hydroxylation sites is 2. The van der Waals surface area contributed by atoms with E-state index in [4.69, 9.17) is 15.0 Å². The van der Waals surface area contributed by atoms with Crippen LogP contribution in [0.2, 0.25) is 0 Å². The van der Waals surface area contributed by atoms with Crippen molar-refractivity contribution in [2.45, 2.75) is 26.2 Å². The van der Waals surface area contributed by atoms with Crippen LogP contribution in [-0.2, 0) is 6.42 Å². The summed E-state index contributed by atoms with van der Waals surface area (Å²) in [5.41, 5.74) is 24.6. The molecule has 2 aliphatic heterocycles. The van der Waals surface area contributed by atoms with Gasteiger partial charge in [0.25, 0.3) is 6.71 Å². The molecule has 414 valence electrons. The minimum atomic E-state index is -0.0841. The predicted molar refractivity (Wildman–Crippen MR) is 364 cm³/mol. The lowest BCUT2D eigenvalue weighted by molar-refractivity contribution is 0.796. The average molecular weight is 1130 g/mol. The predicted octanol–water partition coefficient (Wildman–Crippen LogP) is 18.3.